The van der Waals surface area contributed by atoms with Gasteiger partial charge >= 0.3 is 0 Å². The maximum Gasteiger partial charge on any atom is 0.289 e. The average Bonchev–Trinajstić information content (AvgIpc) is 2.75. The van der Waals surface area contributed by atoms with E-state index < -0.39 is 0 Å². The second kappa shape index (κ2) is 5.36. The van der Waals surface area contributed by atoms with Gasteiger partial charge in [-0.05, 0) is 24.6 Å². The van der Waals surface area contributed by atoms with Crippen LogP contribution in [0.1, 0.15) is 33.3 Å². The Balaban J connectivity index is 2.04. The highest BCUT2D eigenvalue weighted by Crippen LogP contribution is 2.10. The predicted octanol–water partition coefficient (Wildman–Crippen LogP) is 2.09. The number of nitrogens with zero attached hydrogens (tertiary/aromatic N) is 2. The Hall–Kier alpha value is -2.61. The zero-order chi connectivity index (χ0) is 13.8. The lowest BCUT2D eigenvalue weighted by Gasteiger charge is -2.04. The van der Waals surface area contributed by atoms with Crippen LogP contribution in [0.5, 0.6) is 0 Å². The van der Waals surface area contributed by atoms with Crippen LogP contribution in [0, 0.1) is 25.2 Å². The number of carbonyl (C=O) groups is 1. The molecular formula is C14H13N3O2. The number of hydrogen-bond donors (Lipinski definition) is 1. The maximum atomic E-state index is 11.9. The van der Waals surface area contributed by atoms with E-state index in [9.17, 15) is 4.79 Å². The third-order valence-corrected chi connectivity index (χ3v) is 2.62. The van der Waals surface area contributed by atoms with E-state index in [0.29, 0.717) is 23.7 Å². The molecular weight excluding hydrogens is 242 g/mol. The highest BCUT2D eigenvalue weighted by molar-refractivity contribution is 5.92. The minimum Gasteiger partial charge on any atom is -0.436 e. The van der Waals surface area contributed by atoms with E-state index >= 15 is 0 Å². The monoisotopic (exact) mass is 255 g/mol. The third kappa shape index (κ3) is 2.99. The Labute approximate surface area is 110 Å². The lowest BCUT2D eigenvalue weighted by Crippen LogP contribution is -2.23. The summed E-state index contributed by atoms with van der Waals surface area (Å²) in [5.41, 5.74) is 2.00. The molecule has 1 heterocycles. The number of carbonyl (C=O) groups excluding carboxylic acids is 1. The van der Waals surface area contributed by atoms with Crippen molar-refractivity contribution in [2.75, 3.05) is 0 Å². The van der Waals surface area contributed by atoms with Crippen LogP contribution in [0.25, 0.3) is 0 Å². The molecule has 1 aromatic carbocycles. The van der Waals surface area contributed by atoms with E-state index in [-0.39, 0.29) is 11.7 Å². The predicted molar refractivity (Wildman–Crippen MR) is 68.3 cm³/mol. The number of aromatic nitrogens is 1. The molecule has 0 saturated carbocycles. The van der Waals surface area contributed by atoms with Crippen molar-refractivity contribution < 1.29 is 9.21 Å². The van der Waals surface area contributed by atoms with Crippen molar-refractivity contribution in [1.29, 1.82) is 5.26 Å². The summed E-state index contributed by atoms with van der Waals surface area (Å²) >= 11 is 0. The number of aryl methyl sites for hydroxylation is 2. The summed E-state index contributed by atoms with van der Waals surface area (Å²) in [6.45, 7) is 3.76. The van der Waals surface area contributed by atoms with Crippen molar-refractivity contribution in [3.8, 4) is 6.07 Å². The summed E-state index contributed by atoms with van der Waals surface area (Å²) in [5.74, 6) is 0.392. The lowest BCUT2D eigenvalue weighted by molar-refractivity contribution is 0.0921. The fourth-order valence-corrected chi connectivity index (χ4v) is 1.76. The zero-order valence-corrected chi connectivity index (χ0v) is 10.7. The molecule has 19 heavy (non-hydrogen) atoms. The number of nitriles is 1. The molecule has 0 fully saturated rings. The summed E-state index contributed by atoms with van der Waals surface area (Å²) in [6.07, 6.45) is 0. The highest BCUT2D eigenvalue weighted by atomic mass is 16.4. The van der Waals surface area contributed by atoms with Gasteiger partial charge in [-0.1, -0.05) is 12.1 Å². The fourth-order valence-electron chi connectivity index (χ4n) is 1.76. The van der Waals surface area contributed by atoms with Gasteiger partial charge < -0.3 is 9.73 Å². The zero-order valence-electron chi connectivity index (χ0n) is 10.7. The van der Waals surface area contributed by atoms with Gasteiger partial charge in [0.05, 0.1) is 17.3 Å². The van der Waals surface area contributed by atoms with Crippen molar-refractivity contribution in [1.82, 2.24) is 10.3 Å². The molecule has 0 bridgehead atoms. The van der Waals surface area contributed by atoms with Crippen LogP contribution in [-0.4, -0.2) is 10.9 Å². The molecule has 0 atom stereocenters. The van der Waals surface area contributed by atoms with Crippen molar-refractivity contribution >= 4 is 5.91 Å². The second-order valence-corrected chi connectivity index (χ2v) is 4.14. The molecule has 0 spiro atoms. The Morgan fingerprint density at radius 3 is 2.89 bits per heavy atom. The van der Waals surface area contributed by atoms with E-state index in [1.165, 1.54) is 0 Å². The number of nitrogens with one attached hydrogen (secondary N) is 1. The number of oxazole rings is 1. The topological polar surface area (TPSA) is 78.9 Å². The summed E-state index contributed by atoms with van der Waals surface area (Å²) in [7, 11) is 0. The third-order valence-electron chi connectivity index (χ3n) is 2.62. The SMILES string of the molecule is Cc1nc(C)c(C(=O)NCc2cccc(C#N)c2)o1. The Morgan fingerprint density at radius 1 is 1.47 bits per heavy atom. The van der Waals surface area contributed by atoms with E-state index in [0.717, 1.165) is 5.56 Å². The van der Waals surface area contributed by atoms with Gasteiger partial charge in [-0.2, -0.15) is 5.26 Å². The van der Waals surface area contributed by atoms with Gasteiger partial charge in [-0.15, -0.1) is 0 Å². The standard InChI is InChI=1S/C14H13N3O2/c1-9-13(19-10(2)17-9)14(18)16-8-12-5-3-4-11(6-12)7-15/h3-6H,8H2,1-2H3,(H,16,18). The second-order valence-electron chi connectivity index (χ2n) is 4.14. The number of hydrogen-bond acceptors (Lipinski definition) is 4. The lowest BCUT2D eigenvalue weighted by atomic mass is 10.1. The van der Waals surface area contributed by atoms with Gasteiger partial charge in [0.25, 0.3) is 5.91 Å². The van der Waals surface area contributed by atoms with E-state index in [4.69, 9.17) is 9.68 Å². The van der Waals surface area contributed by atoms with Crippen LogP contribution in [0.15, 0.2) is 28.7 Å². The van der Waals surface area contributed by atoms with Gasteiger partial charge in [-0.25, -0.2) is 4.98 Å². The van der Waals surface area contributed by atoms with E-state index in [1.54, 1.807) is 32.0 Å². The summed E-state index contributed by atoms with van der Waals surface area (Å²) in [6, 6.07) is 9.14. The number of benzene rings is 1. The number of rotatable bonds is 3. The van der Waals surface area contributed by atoms with E-state index in [1.807, 2.05) is 6.07 Å². The average molecular weight is 255 g/mol. The van der Waals surface area contributed by atoms with Crippen molar-refractivity contribution in [2.45, 2.75) is 20.4 Å². The molecule has 0 radical (unpaired) electrons. The molecule has 96 valence electrons. The van der Waals surface area contributed by atoms with Crippen molar-refractivity contribution in [2.24, 2.45) is 0 Å². The highest BCUT2D eigenvalue weighted by Gasteiger charge is 2.15. The van der Waals surface area contributed by atoms with Gasteiger partial charge in [-0.3, -0.25) is 4.79 Å². The van der Waals surface area contributed by atoms with Crippen molar-refractivity contribution in [3.05, 3.63) is 52.7 Å². The van der Waals surface area contributed by atoms with Crippen LogP contribution in [0.4, 0.5) is 0 Å². The van der Waals surface area contributed by atoms with Gasteiger partial charge in [0.15, 0.2) is 5.89 Å². The molecule has 2 rings (SSSR count). The molecule has 0 aliphatic heterocycles. The molecule has 0 aliphatic rings. The fraction of sp³-hybridized carbons (Fsp3) is 0.214. The van der Waals surface area contributed by atoms with Crippen molar-refractivity contribution in [3.63, 3.8) is 0 Å². The van der Waals surface area contributed by atoms with Gasteiger partial charge in [0.1, 0.15) is 0 Å². The molecule has 2 aromatic rings. The minimum absolute atomic E-state index is 0.230. The summed E-state index contributed by atoms with van der Waals surface area (Å²) in [4.78, 5) is 15.9. The Morgan fingerprint density at radius 2 is 2.26 bits per heavy atom. The first-order chi connectivity index (χ1) is 9.10. The first kappa shape index (κ1) is 12.8. The normalized spacial score (nSPS) is 9.95. The minimum atomic E-state index is -0.305. The quantitative estimate of drug-likeness (QED) is 0.910. The summed E-state index contributed by atoms with van der Waals surface area (Å²) in [5, 5.41) is 11.5. The Bertz CT molecular complexity index is 653. The molecule has 5 heteroatoms. The van der Waals surface area contributed by atoms with Gasteiger partial charge in [0.2, 0.25) is 5.76 Å². The first-order valence-electron chi connectivity index (χ1n) is 5.81. The number of amides is 1. The molecule has 1 amide bonds. The molecule has 0 aliphatic carbocycles. The largest absolute Gasteiger partial charge is 0.436 e. The Kier molecular flexibility index (Phi) is 3.62. The molecule has 5 nitrogen and oxygen atoms in total. The molecule has 0 saturated heterocycles. The maximum absolute atomic E-state index is 11.9. The van der Waals surface area contributed by atoms with Crippen LogP contribution in [0.2, 0.25) is 0 Å². The van der Waals surface area contributed by atoms with Gasteiger partial charge in [0, 0.05) is 13.5 Å². The summed E-state index contributed by atoms with van der Waals surface area (Å²) < 4.78 is 5.23. The molecule has 0 unspecified atom stereocenters. The van der Waals surface area contributed by atoms with Crippen LogP contribution < -0.4 is 5.32 Å². The van der Waals surface area contributed by atoms with Crippen LogP contribution in [0.3, 0.4) is 0 Å². The molecule has 1 aromatic heterocycles. The smallest absolute Gasteiger partial charge is 0.289 e. The van der Waals surface area contributed by atoms with E-state index in [2.05, 4.69) is 16.4 Å². The first-order valence-corrected chi connectivity index (χ1v) is 5.81. The molecule has 1 N–H and O–H groups in total. The van der Waals surface area contributed by atoms with Crippen LogP contribution >= 0.6 is 0 Å². The van der Waals surface area contributed by atoms with Crippen LogP contribution in [-0.2, 0) is 6.54 Å².